The lowest BCUT2D eigenvalue weighted by Crippen LogP contribution is -2.41. The molecule has 1 saturated carbocycles. The van der Waals surface area contributed by atoms with E-state index < -0.39 is 0 Å². The Balaban J connectivity index is 1.92. The van der Waals surface area contributed by atoms with Crippen LogP contribution < -0.4 is 10.5 Å². The van der Waals surface area contributed by atoms with Gasteiger partial charge in [0.15, 0.2) is 5.82 Å². The zero-order valence-electron chi connectivity index (χ0n) is 12.5. The molecule has 112 valence electrons. The van der Waals surface area contributed by atoms with Crippen LogP contribution in [0.2, 0.25) is 0 Å². The van der Waals surface area contributed by atoms with Crippen LogP contribution in [0, 0.1) is 0 Å². The minimum atomic E-state index is -0.0554. The summed E-state index contributed by atoms with van der Waals surface area (Å²) in [6.45, 7) is 0. The molecule has 0 radical (unpaired) electrons. The van der Waals surface area contributed by atoms with E-state index in [1.165, 1.54) is 6.42 Å². The summed E-state index contributed by atoms with van der Waals surface area (Å²) in [5, 5.41) is 7.25. The van der Waals surface area contributed by atoms with E-state index in [4.69, 9.17) is 15.2 Å². The number of benzene rings is 1. The zero-order chi connectivity index (χ0) is 14.9. The molecule has 1 aliphatic rings. The number of nitrogens with zero attached hydrogens (tertiary/aromatic N) is 1. The van der Waals surface area contributed by atoms with Crippen molar-refractivity contribution >= 4 is 5.82 Å². The van der Waals surface area contributed by atoms with E-state index in [1.54, 1.807) is 14.2 Å². The average molecular weight is 287 g/mol. The summed E-state index contributed by atoms with van der Waals surface area (Å²) in [7, 11) is 3.44. The molecule has 0 aliphatic heterocycles. The van der Waals surface area contributed by atoms with Crippen LogP contribution in [0.4, 0.5) is 5.82 Å². The Bertz CT molecular complexity index is 609. The molecule has 0 bridgehead atoms. The summed E-state index contributed by atoms with van der Waals surface area (Å²) < 4.78 is 10.9. The molecule has 1 fully saturated rings. The van der Waals surface area contributed by atoms with E-state index in [0.29, 0.717) is 5.82 Å². The summed E-state index contributed by atoms with van der Waals surface area (Å²) in [4.78, 5) is 0. The Morgan fingerprint density at radius 3 is 2.48 bits per heavy atom. The van der Waals surface area contributed by atoms with Gasteiger partial charge in [0, 0.05) is 24.8 Å². The van der Waals surface area contributed by atoms with Crippen molar-refractivity contribution in [3.05, 3.63) is 30.0 Å². The Morgan fingerprint density at radius 2 is 1.95 bits per heavy atom. The van der Waals surface area contributed by atoms with E-state index in [2.05, 4.69) is 10.2 Å². The third kappa shape index (κ3) is 2.49. The Morgan fingerprint density at radius 1 is 1.24 bits per heavy atom. The van der Waals surface area contributed by atoms with Gasteiger partial charge in [-0.2, -0.15) is 5.10 Å². The highest BCUT2D eigenvalue weighted by molar-refractivity contribution is 5.76. The van der Waals surface area contributed by atoms with Crippen molar-refractivity contribution in [1.82, 2.24) is 10.2 Å². The smallest absolute Gasteiger partial charge is 0.153 e. The van der Waals surface area contributed by atoms with E-state index in [9.17, 15) is 0 Å². The summed E-state index contributed by atoms with van der Waals surface area (Å²) in [6, 6.07) is 7.87. The van der Waals surface area contributed by atoms with Gasteiger partial charge in [-0.1, -0.05) is 12.1 Å². The number of nitrogens with two attached hydrogens (primary N) is 1. The molecule has 0 amide bonds. The van der Waals surface area contributed by atoms with Crippen LogP contribution in [-0.4, -0.2) is 30.0 Å². The van der Waals surface area contributed by atoms with Crippen LogP contribution in [0.25, 0.3) is 11.1 Å². The number of methoxy groups -OCH3 is 2. The molecule has 1 aromatic carbocycles. The van der Waals surface area contributed by atoms with Gasteiger partial charge in [-0.15, -0.1) is 0 Å². The largest absolute Gasteiger partial charge is 0.497 e. The maximum Gasteiger partial charge on any atom is 0.153 e. The number of aromatic amines is 1. The van der Waals surface area contributed by atoms with Gasteiger partial charge in [-0.05, 0) is 37.0 Å². The number of nitrogens with one attached hydrogen (secondary N) is 1. The van der Waals surface area contributed by atoms with Gasteiger partial charge in [-0.3, -0.25) is 5.10 Å². The lowest BCUT2D eigenvalue weighted by Gasteiger charge is -2.40. The predicted molar refractivity (Wildman–Crippen MR) is 82.3 cm³/mol. The lowest BCUT2D eigenvalue weighted by molar-refractivity contribution is -0.0713. The predicted octanol–water partition coefficient (Wildman–Crippen LogP) is 2.78. The number of anilines is 1. The molecule has 21 heavy (non-hydrogen) atoms. The van der Waals surface area contributed by atoms with Crippen LogP contribution in [0.3, 0.4) is 0 Å². The molecule has 3 rings (SSSR count). The summed E-state index contributed by atoms with van der Waals surface area (Å²) in [5.74, 6) is 1.36. The fourth-order valence-corrected chi connectivity index (χ4v) is 2.95. The number of rotatable bonds is 5. The first kappa shape index (κ1) is 13.9. The second kappa shape index (κ2) is 5.41. The average Bonchev–Trinajstić information content (AvgIpc) is 2.84. The van der Waals surface area contributed by atoms with E-state index >= 15 is 0 Å². The van der Waals surface area contributed by atoms with Crippen LogP contribution >= 0.6 is 0 Å². The highest BCUT2D eigenvalue weighted by Crippen LogP contribution is 2.40. The zero-order valence-corrected chi connectivity index (χ0v) is 12.5. The molecule has 5 heteroatoms. The van der Waals surface area contributed by atoms with Crippen LogP contribution in [0.15, 0.2) is 24.3 Å². The Labute approximate surface area is 124 Å². The van der Waals surface area contributed by atoms with Gasteiger partial charge < -0.3 is 15.2 Å². The lowest BCUT2D eigenvalue weighted by atomic mass is 9.76. The van der Waals surface area contributed by atoms with Crippen molar-refractivity contribution in [1.29, 1.82) is 0 Å². The van der Waals surface area contributed by atoms with Gasteiger partial charge >= 0.3 is 0 Å². The van der Waals surface area contributed by atoms with Gasteiger partial charge in [-0.25, -0.2) is 0 Å². The van der Waals surface area contributed by atoms with Gasteiger partial charge in [0.2, 0.25) is 0 Å². The summed E-state index contributed by atoms with van der Waals surface area (Å²) >= 11 is 0. The molecule has 0 atom stereocenters. The van der Waals surface area contributed by atoms with E-state index in [1.807, 2.05) is 24.3 Å². The molecule has 0 spiro atoms. The van der Waals surface area contributed by atoms with E-state index in [-0.39, 0.29) is 5.60 Å². The summed E-state index contributed by atoms with van der Waals surface area (Å²) in [6.07, 6.45) is 4.21. The molecule has 2 aromatic rings. The molecular weight excluding hydrogens is 266 g/mol. The molecule has 5 nitrogen and oxygen atoms in total. The number of nitrogen functional groups attached to an aromatic ring is 1. The summed E-state index contributed by atoms with van der Waals surface area (Å²) in [5.41, 5.74) is 9.05. The standard InChI is InChI=1S/C16H21N3O2/c1-20-12-6-4-11(5-7-12)14-13(18-19-15(14)17)10-16(21-2)8-3-9-16/h4-7H,3,8-10H2,1-2H3,(H3,17,18,19). The Hall–Kier alpha value is -2.01. The quantitative estimate of drug-likeness (QED) is 0.887. The normalized spacial score (nSPS) is 16.5. The first-order valence-corrected chi connectivity index (χ1v) is 7.20. The number of hydrogen-bond acceptors (Lipinski definition) is 4. The second-order valence-corrected chi connectivity index (χ2v) is 5.61. The van der Waals surface area contributed by atoms with Crippen molar-refractivity contribution in [2.45, 2.75) is 31.3 Å². The number of aromatic nitrogens is 2. The maximum absolute atomic E-state index is 6.05. The first-order chi connectivity index (χ1) is 10.2. The van der Waals surface area contributed by atoms with Crippen LogP contribution in [0.5, 0.6) is 5.75 Å². The number of ether oxygens (including phenoxy) is 2. The maximum atomic E-state index is 6.05. The SMILES string of the molecule is COc1ccc(-c2c(N)n[nH]c2CC2(OC)CCC2)cc1. The topological polar surface area (TPSA) is 73.2 Å². The highest BCUT2D eigenvalue weighted by atomic mass is 16.5. The van der Waals surface area contributed by atoms with Crippen LogP contribution in [-0.2, 0) is 11.2 Å². The van der Waals surface area contributed by atoms with Crippen molar-refractivity contribution in [2.24, 2.45) is 0 Å². The van der Waals surface area contributed by atoms with Gasteiger partial charge in [0.05, 0.1) is 12.7 Å². The monoisotopic (exact) mass is 287 g/mol. The van der Waals surface area contributed by atoms with Gasteiger partial charge in [0.25, 0.3) is 0 Å². The van der Waals surface area contributed by atoms with Crippen molar-refractivity contribution < 1.29 is 9.47 Å². The molecule has 1 aromatic heterocycles. The first-order valence-electron chi connectivity index (χ1n) is 7.20. The molecule has 3 N–H and O–H groups in total. The van der Waals surface area contributed by atoms with Crippen molar-refractivity contribution in [3.63, 3.8) is 0 Å². The molecule has 0 unspecified atom stereocenters. The van der Waals surface area contributed by atoms with Crippen molar-refractivity contribution in [3.8, 4) is 16.9 Å². The van der Waals surface area contributed by atoms with E-state index in [0.717, 1.165) is 41.8 Å². The van der Waals surface area contributed by atoms with Crippen molar-refractivity contribution in [2.75, 3.05) is 20.0 Å². The third-order valence-electron chi connectivity index (χ3n) is 4.44. The minimum Gasteiger partial charge on any atom is -0.497 e. The van der Waals surface area contributed by atoms with Crippen LogP contribution in [0.1, 0.15) is 25.0 Å². The minimum absolute atomic E-state index is 0.0554. The number of hydrogen-bond donors (Lipinski definition) is 2. The molecule has 0 saturated heterocycles. The third-order valence-corrected chi connectivity index (χ3v) is 4.44. The fraction of sp³-hybridized carbons (Fsp3) is 0.438. The second-order valence-electron chi connectivity index (χ2n) is 5.61. The fourth-order valence-electron chi connectivity index (χ4n) is 2.95. The Kier molecular flexibility index (Phi) is 3.59. The molecular formula is C16H21N3O2. The molecule has 1 heterocycles. The van der Waals surface area contributed by atoms with Gasteiger partial charge in [0.1, 0.15) is 5.75 Å². The number of H-pyrrole nitrogens is 1. The highest BCUT2D eigenvalue weighted by Gasteiger charge is 2.38. The molecule has 1 aliphatic carbocycles.